The van der Waals surface area contributed by atoms with Gasteiger partial charge < -0.3 is 14.1 Å². The van der Waals surface area contributed by atoms with Crippen LogP contribution in [0.3, 0.4) is 0 Å². The third-order valence-corrected chi connectivity index (χ3v) is 4.56. The van der Waals surface area contributed by atoms with Gasteiger partial charge in [-0.1, -0.05) is 35.9 Å². The fourth-order valence-electron chi connectivity index (χ4n) is 2.72. The number of amides is 1. The van der Waals surface area contributed by atoms with Crippen LogP contribution in [0.15, 0.2) is 52.9 Å². The van der Waals surface area contributed by atoms with E-state index in [1.165, 1.54) is 23.1 Å². The molecule has 3 rings (SSSR count). The van der Waals surface area contributed by atoms with Gasteiger partial charge in [0.05, 0.1) is 22.1 Å². The van der Waals surface area contributed by atoms with Gasteiger partial charge in [-0.2, -0.15) is 0 Å². The first kappa shape index (κ1) is 21.3. The van der Waals surface area contributed by atoms with E-state index < -0.39 is 4.92 Å². The number of hydrogen-bond donors (Lipinski definition) is 0. The van der Waals surface area contributed by atoms with Gasteiger partial charge in [0.1, 0.15) is 0 Å². The van der Waals surface area contributed by atoms with Crippen LogP contribution in [0.5, 0.6) is 5.75 Å². The van der Waals surface area contributed by atoms with E-state index in [0.29, 0.717) is 10.6 Å². The summed E-state index contributed by atoms with van der Waals surface area (Å²) in [4.78, 5) is 24.7. The zero-order chi connectivity index (χ0) is 21.7. The van der Waals surface area contributed by atoms with Crippen LogP contribution in [0.4, 0.5) is 5.69 Å². The van der Waals surface area contributed by atoms with Crippen molar-refractivity contribution in [2.24, 2.45) is 0 Å². The number of halogens is 1. The summed E-state index contributed by atoms with van der Waals surface area (Å²) in [6.07, 6.45) is 0. The molecule has 9 nitrogen and oxygen atoms in total. The quantitative estimate of drug-likeness (QED) is 0.390. The SMILES string of the molecule is CC(C)N(Cc1nnc(-c2ccccc2Cl)o1)C(=O)COc1ccccc1[N+](=O)[O-]. The van der Waals surface area contributed by atoms with Crippen molar-refractivity contribution in [1.29, 1.82) is 0 Å². The molecule has 1 heterocycles. The predicted octanol–water partition coefficient (Wildman–Crippen LogP) is 4.11. The fraction of sp³-hybridized carbons (Fsp3) is 0.250. The number of aromatic nitrogens is 2. The zero-order valence-corrected chi connectivity index (χ0v) is 17.1. The zero-order valence-electron chi connectivity index (χ0n) is 16.3. The Morgan fingerprint density at radius 2 is 1.90 bits per heavy atom. The molecular formula is C20H19ClN4O5. The average Bonchev–Trinajstić information content (AvgIpc) is 3.19. The van der Waals surface area contributed by atoms with E-state index in [2.05, 4.69) is 10.2 Å². The summed E-state index contributed by atoms with van der Waals surface area (Å²) in [6, 6.07) is 12.8. The van der Waals surface area contributed by atoms with E-state index in [4.69, 9.17) is 20.8 Å². The molecule has 30 heavy (non-hydrogen) atoms. The molecule has 0 spiro atoms. The molecule has 1 aromatic heterocycles. The Hall–Kier alpha value is -3.46. The number of nitro benzene ring substituents is 1. The maximum absolute atomic E-state index is 12.7. The van der Waals surface area contributed by atoms with Crippen LogP contribution >= 0.6 is 11.6 Å². The van der Waals surface area contributed by atoms with Gasteiger partial charge in [-0.15, -0.1) is 10.2 Å². The topological polar surface area (TPSA) is 112 Å². The summed E-state index contributed by atoms with van der Waals surface area (Å²) in [7, 11) is 0. The molecule has 0 radical (unpaired) electrons. The summed E-state index contributed by atoms with van der Waals surface area (Å²) < 4.78 is 11.1. The molecular weight excluding hydrogens is 412 g/mol. The highest BCUT2D eigenvalue weighted by molar-refractivity contribution is 6.33. The lowest BCUT2D eigenvalue weighted by Gasteiger charge is -2.25. The normalized spacial score (nSPS) is 10.8. The molecule has 0 saturated heterocycles. The van der Waals surface area contributed by atoms with Crippen LogP contribution < -0.4 is 4.74 Å². The average molecular weight is 431 g/mol. The second-order valence-corrected chi connectivity index (χ2v) is 7.02. The molecule has 156 valence electrons. The molecule has 10 heteroatoms. The lowest BCUT2D eigenvalue weighted by atomic mass is 10.2. The van der Waals surface area contributed by atoms with Gasteiger partial charge in [0, 0.05) is 12.1 Å². The van der Waals surface area contributed by atoms with E-state index in [1.54, 1.807) is 30.3 Å². The maximum atomic E-state index is 12.7. The molecule has 0 unspecified atom stereocenters. The molecule has 0 bridgehead atoms. The largest absolute Gasteiger partial charge is 0.477 e. The monoisotopic (exact) mass is 430 g/mol. The van der Waals surface area contributed by atoms with Crippen LogP contribution in [0, 0.1) is 10.1 Å². The number of nitro groups is 1. The molecule has 0 N–H and O–H groups in total. The molecule has 3 aromatic rings. The standard InChI is InChI=1S/C20H19ClN4O5/c1-13(2)24(19(26)12-29-17-10-6-5-9-16(17)25(27)28)11-18-22-23-20(30-18)14-7-3-4-8-15(14)21/h3-10,13H,11-12H2,1-2H3. The minimum Gasteiger partial charge on any atom is -0.477 e. The minimum absolute atomic E-state index is 0.0263. The van der Waals surface area contributed by atoms with Gasteiger partial charge in [-0.05, 0) is 32.0 Å². The second kappa shape index (κ2) is 9.36. The Labute approximate surface area is 177 Å². The van der Waals surface area contributed by atoms with Crippen LogP contribution in [0.25, 0.3) is 11.5 Å². The van der Waals surface area contributed by atoms with E-state index in [0.717, 1.165) is 0 Å². The molecule has 0 aliphatic heterocycles. The number of carbonyl (C=O) groups is 1. The molecule has 1 amide bonds. The van der Waals surface area contributed by atoms with E-state index in [-0.39, 0.29) is 48.3 Å². The van der Waals surface area contributed by atoms with Crippen molar-refractivity contribution >= 4 is 23.2 Å². The van der Waals surface area contributed by atoms with Crippen LogP contribution in [0.1, 0.15) is 19.7 Å². The first-order chi connectivity index (χ1) is 14.4. The van der Waals surface area contributed by atoms with Gasteiger partial charge in [0.15, 0.2) is 12.4 Å². The summed E-state index contributed by atoms with van der Waals surface area (Å²) in [5.41, 5.74) is 0.391. The highest BCUT2D eigenvalue weighted by atomic mass is 35.5. The summed E-state index contributed by atoms with van der Waals surface area (Å²) in [5.74, 6) is 0.138. The molecule has 0 saturated carbocycles. The van der Waals surface area contributed by atoms with Crippen molar-refractivity contribution in [2.45, 2.75) is 26.4 Å². The number of hydrogen-bond acceptors (Lipinski definition) is 7. The lowest BCUT2D eigenvalue weighted by Crippen LogP contribution is -2.39. The molecule has 2 aromatic carbocycles. The van der Waals surface area contributed by atoms with Crippen molar-refractivity contribution < 1.29 is 18.9 Å². The first-order valence-corrected chi connectivity index (χ1v) is 9.47. The van der Waals surface area contributed by atoms with Gasteiger partial charge >= 0.3 is 5.69 Å². The Balaban J connectivity index is 1.70. The summed E-state index contributed by atoms with van der Waals surface area (Å²) in [5, 5.41) is 19.6. The smallest absolute Gasteiger partial charge is 0.310 e. The van der Waals surface area contributed by atoms with Gasteiger partial charge in [-0.25, -0.2) is 0 Å². The lowest BCUT2D eigenvalue weighted by molar-refractivity contribution is -0.385. The fourth-order valence-corrected chi connectivity index (χ4v) is 2.93. The highest BCUT2D eigenvalue weighted by Gasteiger charge is 2.23. The highest BCUT2D eigenvalue weighted by Crippen LogP contribution is 2.27. The van der Waals surface area contributed by atoms with Crippen molar-refractivity contribution in [3.63, 3.8) is 0 Å². The third-order valence-electron chi connectivity index (χ3n) is 4.23. The number of para-hydroxylation sites is 2. The maximum Gasteiger partial charge on any atom is 0.310 e. The molecule has 0 aliphatic carbocycles. The van der Waals surface area contributed by atoms with Gasteiger partial charge in [0.25, 0.3) is 5.91 Å². The number of benzene rings is 2. The summed E-state index contributed by atoms with van der Waals surface area (Å²) in [6.45, 7) is 3.35. The van der Waals surface area contributed by atoms with Crippen molar-refractivity contribution in [3.8, 4) is 17.2 Å². The second-order valence-electron chi connectivity index (χ2n) is 6.61. The number of carbonyl (C=O) groups excluding carboxylic acids is 1. The van der Waals surface area contributed by atoms with Crippen LogP contribution in [-0.4, -0.2) is 38.6 Å². The van der Waals surface area contributed by atoms with Crippen LogP contribution in [0.2, 0.25) is 5.02 Å². The predicted molar refractivity (Wildman–Crippen MR) is 109 cm³/mol. The number of nitrogens with zero attached hydrogens (tertiary/aromatic N) is 4. The number of ether oxygens (including phenoxy) is 1. The molecule has 0 fully saturated rings. The van der Waals surface area contributed by atoms with Crippen LogP contribution in [-0.2, 0) is 11.3 Å². The first-order valence-electron chi connectivity index (χ1n) is 9.09. The molecule has 0 atom stereocenters. The third kappa shape index (κ3) is 4.93. The summed E-state index contributed by atoms with van der Waals surface area (Å²) >= 11 is 6.15. The Bertz CT molecular complexity index is 1050. The van der Waals surface area contributed by atoms with Crippen molar-refractivity contribution in [2.75, 3.05) is 6.61 Å². The molecule has 0 aliphatic rings. The Morgan fingerprint density at radius 3 is 2.60 bits per heavy atom. The van der Waals surface area contributed by atoms with E-state index >= 15 is 0 Å². The van der Waals surface area contributed by atoms with Gasteiger partial charge in [-0.3, -0.25) is 14.9 Å². The van der Waals surface area contributed by atoms with Gasteiger partial charge in [0.2, 0.25) is 11.8 Å². The van der Waals surface area contributed by atoms with E-state index in [9.17, 15) is 14.9 Å². The van der Waals surface area contributed by atoms with Crippen molar-refractivity contribution in [3.05, 3.63) is 69.6 Å². The Morgan fingerprint density at radius 1 is 1.20 bits per heavy atom. The van der Waals surface area contributed by atoms with E-state index in [1.807, 2.05) is 13.8 Å². The Kier molecular flexibility index (Phi) is 6.63. The minimum atomic E-state index is -0.561. The van der Waals surface area contributed by atoms with Crippen molar-refractivity contribution in [1.82, 2.24) is 15.1 Å². The number of rotatable bonds is 8.